The van der Waals surface area contributed by atoms with Crippen LogP contribution in [0.4, 0.5) is 0 Å². The molecule has 0 aromatic rings. The van der Waals surface area contributed by atoms with Gasteiger partial charge in [-0.05, 0) is 48.9 Å². The molecule has 1 fully saturated rings. The average Bonchev–Trinajstić information content (AvgIpc) is 2.43. The number of methoxy groups -OCH3 is 1. The van der Waals surface area contributed by atoms with Crippen molar-refractivity contribution in [2.75, 3.05) is 20.3 Å². The molecule has 0 aromatic heterocycles. The minimum atomic E-state index is 0.343. The molecule has 20 heavy (non-hydrogen) atoms. The lowest BCUT2D eigenvalue weighted by Crippen LogP contribution is -2.41. The Morgan fingerprint density at radius 3 is 2.15 bits per heavy atom. The lowest BCUT2D eigenvalue weighted by molar-refractivity contribution is 0.125. The quantitative estimate of drug-likeness (QED) is 0.701. The second-order valence-electron chi connectivity index (χ2n) is 8.18. The van der Waals surface area contributed by atoms with Crippen molar-refractivity contribution in [2.45, 2.75) is 79.2 Å². The Kier molecular flexibility index (Phi) is 7.00. The second kappa shape index (κ2) is 7.79. The van der Waals surface area contributed by atoms with E-state index in [1.165, 1.54) is 32.1 Å². The molecule has 2 heteroatoms. The maximum atomic E-state index is 5.21. The predicted octanol–water partition coefficient (Wildman–Crippen LogP) is 4.63. The van der Waals surface area contributed by atoms with E-state index < -0.39 is 0 Å². The third-order valence-corrected chi connectivity index (χ3v) is 5.60. The Morgan fingerprint density at radius 1 is 1.05 bits per heavy atom. The summed E-state index contributed by atoms with van der Waals surface area (Å²) in [7, 11) is 1.79. The van der Waals surface area contributed by atoms with Crippen LogP contribution in [-0.4, -0.2) is 26.3 Å². The van der Waals surface area contributed by atoms with E-state index >= 15 is 0 Å². The van der Waals surface area contributed by atoms with E-state index in [9.17, 15) is 0 Å². The number of ether oxygens (including phenoxy) is 1. The first-order chi connectivity index (χ1) is 9.30. The summed E-state index contributed by atoms with van der Waals surface area (Å²) >= 11 is 0. The summed E-state index contributed by atoms with van der Waals surface area (Å²) in [5.74, 6) is 0.923. The van der Waals surface area contributed by atoms with Crippen LogP contribution in [0.1, 0.15) is 73.1 Å². The molecule has 0 aromatic carbocycles. The topological polar surface area (TPSA) is 21.3 Å². The van der Waals surface area contributed by atoms with Gasteiger partial charge >= 0.3 is 0 Å². The Bertz CT molecular complexity index is 265. The molecule has 0 spiro atoms. The molecule has 120 valence electrons. The first-order valence-electron chi connectivity index (χ1n) is 8.53. The summed E-state index contributed by atoms with van der Waals surface area (Å²) in [6.45, 7) is 13.9. The van der Waals surface area contributed by atoms with Crippen molar-refractivity contribution < 1.29 is 4.74 Å². The van der Waals surface area contributed by atoms with Crippen LogP contribution in [0.25, 0.3) is 0 Å². The van der Waals surface area contributed by atoms with Gasteiger partial charge in [0.2, 0.25) is 0 Å². The summed E-state index contributed by atoms with van der Waals surface area (Å²) in [5, 5.41) is 3.81. The first kappa shape index (κ1) is 18.0. The summed E-state index contributed by atoms with van der Waals surface area (Å²) in [6.07, 6.45) is 7.95. The zero-order valence-corrected chi connectivity index (χ0v) is 14.7. The van der Waals surface area contributed by atoms with E-state index in [4.69, 9.17) is 4.74 Å². The highest BCUT2D eigenvalue weighted by Gasteiger charge is 2.32. The van der Waals surface area contributed by atoms with Gasteiger partial charge in [-0.3, -0.25) is 0 Å². The third kappa shape index (κ3) is 5.73. The number of hydrogen-bond donors (Lipinski definition) is 1. The Labute approximate surface area is 127 Å². The van der Waals surface area contributed by atoms with E-state index in [1.54, 1.807) is 7.11 Å². The van der Waals surface area contributed by atoms with Gasteiger partial charge in [-0.1, -0.05) is 41.0 Å². The van der Waals surface area contributed by atoms with Crippen molar-refractivity contribution in [1.82, 2.24) is 5.32 Å². The molecule has 1 N–H and O–H groups in total. The molecule has 1 saturated carbocycles. The van der Waals surface area contributed by atoms with Crippen molar-refractivity contribution in [3.8, 4) is 0 Å². The maximum absolute atomic E-state index is 5.21. The van der Waals surface area contributed by atoms with Crippen LogP contribution >= 0.6 is 0 Å². The van der Waals surface area contributed by atoms with Gasteiger partial charge in [0.1, 0.15) is 0 Å². The molecule has 2 nitrogen and oxygen atoms in total. The molecule has 1 aliphatic carbocycles. The summed E-state index contributed by atoms with van der Waals surface area (Å²) < 4.78 is 5.21. The lowest BCUT2D eigenvalue weighted by atomic mass is 9.69. The molecule has 0 bridgehead atoms. The lowest BCUT2D eigenvalue weighted by Gasteiger charge is -2.40. The van der Waals surface area contributed by atoms with E-state index in [-0.39, 0.29) is 0 Å². The summed E-state index contributed by atoms with van der Waals surface area (Å²) in [4.78, 5) is 0. The molecule has 0 unspecified atom stereocenters. The second-order valence-corrected chi connectivity index (χ2v) is 8.18. The highest BCUT2D eigenvalue weighted by Crippen LogP contribution is 2.40. The number of hydrogen-bond acceptors (Lipinski definition) is 2. The van der Waals surface area contributed by atoms with E-state index in [0.29, 0.717) is 10.8 Å². The van der Waals surface area contributed by atoms with Gasteiger partial charge in [0, 0.05) is 26.3 Å². The largest absolute Gasteiger partial charge is 0.385 e. The monoisotopic (exact) mass is 283 g/mol. The van der Waals surface area contributed by atoms with Crippen LogP contribution < -0.4 is 5.32 Å². The zero-order valence-electron chi connectivity index (χ0n) is 14.7. The highest BCUT2D eigenvalue weighted by atomic mass is 16.5. The van der Waals surface area contributed by atoms with E-state index in [1.807, 2.05) is 0 Å². The third-order valence-electron chi connectivity index (χ3n) is 5.60. The smallest absolute Gasteiger partial charge is 0.0467 e. The number of nitrogens with one attached hydrogen (secondary N) is 1. The fourth-order valence-electron chi connectivity index (χ4n) is 3.26. The number of rotatable bonds is 8. The molecule has 0 saturated heterocycles. The van der Waals surface area contributed by atoms with Crippen LogP contribution in [0.5, 0.6) is 0 Å². The standard InChI is InChI=1S/C18H37NO/c1-7-18(4,5)15-8-10-16(11-9-15)19-14-17(2,3)12-13-20-6/h15-16,19H,7-14H2,1-6H3. The van der Waals surface area contributed by atoms with Gasteiger partial charge in [-0.25, -0.2) is 0 Å². The molecule has 1 rings (SSSR count). The van der Waals surface area contributed by atoms with Crippen LogP contribution in [-0.2, 0) is 4.74 Å². The van der Waals surface area contributed by atoms with Crippen molar-refractivity contribution in [2.24, 2.45) is 16.7 Å². The van der Waals surface area contributed by atoms with Gasteiger partial charge in [-0.15, -0.1) is 0 Å². The van der Waals surface area contributed by atoms with Crippen molar-refractivity contribution >= 4 is 0 Å². The van der Waals surface area contributed by atoms with Crippen LogP contribution in [0.3, 0.4) is 0 Å². The highest BCUT2D eigenvalue weighted by molar-refractivity contribution is 4.86. The Balaban J connectivity index is 2.29. The maximum Gasteiger partial charge on any atom is 0.0467 e. The van der Waals surface area contributed by atoms with Gasteiger partial charge in [-0.2, -0.15) is 0 Å². The van der Waals surface area contributed by atoms with Gasteiger partial charge < -0.3 is 10.1 Å². The average molecular weight is 284 g/mol. The molecular formula is C18H37NO. The van der Waals surface area contributed by atoms with Crippen molar-refractivity contribution in [3.63, 3.8) is 0 Å². The fraction of sp³-hybridized carbons (Fsp3) is 1.00. The minimum absolute atomic E-state index is 0.343. The first-order valence-corrected chi connectivity index (χ1v) is 8.53. The summed E-state index contributed by atoms with van der Waals surface area (Å²) in [6, 6.07) is 0.737. The molecule has 0 amide bonds. The fourth-order valence-corrected chi connectivity index (χ4v) is 3.26. The molecule has 0 heterocycles. The van der Waals surface area contributed by atoms with Crippen LogP contribution in [0.15, 0.2) is 0 Å². The van der Waals surface area contributed by atoms with Crippen LogP contribution in [0, 0.1) is 16.7 Å². The summed E-state index contributed by atoms with van der Waals surface area (Å²) in [5.41, 5.74) is 0.873. The molecule has 0 radical (unpaired) electrons. The van der Waals surface area contributed by atoms with E-state index in [2.05, 4.69) is 39.9 Å². The van der Waals surface area contributed by atoms with Crippen molar-refractivity contribution in [1.29, 1.82) is 0 Å². The van der Waals surface area contributed by atoms with Gasteiger partial charge in [0.25, 0.3) is 0 Å². The van der Waals surface area contributed by atoms with Crippen molar-refractivity contribution in [3.05, 3.63) is 0 Å². The van der Waals surface area contributed by atoms with Crippen LogP contribution in [0.2, 0.25) is 0 Å². The SMILES string of the molecule is CCC(C)(C)C1CCC(NCC(C)(C)CCOC)CC1. The van der Waals surface area contributed by atoms with E-state index in [0.717, 1.165) is 31.5 Å². The Hall–Kier alpha value is -0.0800. The predicted molar refractivity (Wildman–Crippen MR) is 88.1 cm³/mol. The van der Waals surface area contributed by atoms with Gasteiger partial charge in [0.15, 0.2) is 0 Å². The van der Waals surface area contributed by atoms with Gasteiger partial charge in [0.05, 0.1) is 0 Å². The minimum Gasteiger partial charge on any atom is -0.385 e. The molecular weight excluding hydrogens is 246 g/mol. The Morgan fingerprint density at radius 2 is 1.65 bits per heavy atom. The molecule has 0 atom stereocenters. The zero-order chi connectivity index (χ0) is 15.2. The molecule has 0 aliphatic heterocycles. The normalized spacial score (nSPS) is 24.9. The molecule has 1 aliphatic rings.